The number of carbonyl (C=O) groups is 1. The van der Waals surface area contributed by atoms with Gasteiger partial charge in [-0.25, -0.2) is 4.98 Å². The third-order valence-electron chi connectivity index (χ3n) is 2.58. The summed E-state index contributed by atoms with van der Waals surface area (Å²) in [6.07, 6.45) is 0. The van der Waals surface area contributed by atoms with E-state index >= 15 is 0 Å². The highest BCUT2D eigenvalue weighted by Gasteiger charge is 2.15. The van der Waals surface area contributed by atoms with Gasteiger partial charge in [0.05, 0.1) is 5.69 Å². The molecule has 0 saturated heterocycles. The van der Waals surface area contributed by atoms with Crippen molar-refractivity contribution in [3.63, 3.8) is 0 Å². The number of halogens is 1. The van der Waals surface area contributed by atoms with E-state index in [1.54, 1.807) is 0 Å². The molecule has 0 fully saturated rings. The van der Waals surface area contributed by atoms with Crippen LogP contribution in [0.3, 0.4) is 0 Å². The van der Waals surface area contributed by atoms with Crippen LogP contribution < -0.4 is 5.32 Å². The molecule has 0 atom stereocenters. The molecule has 4 nitrogen and oxygen atoms in total. The molecule has 1 heterocycles. The molecule has 1 amide bonds. The SMILES string of the molecule is Cc1nc(CN(C)C)sc1C(=O)Nc1cccc(Br)c1. The van der Waals surface area contributed by atoms with E-state index in [4.69, 9.17) is 0 Å². The smallest absolute Gasteiger partial charge is 0.267 e. The highest BCUT2D eigenvalue weighted by molar-refractivity contribution is 9.10. The first kappa shape index (κ1) is 15.2. The molecule has 0 unspecified atom stereocenters. The summed E-state index contributed by atoms with van der Waals surface area (Å²) in [4.78, 5) is 19.4. The number of nitrogens with one attached hydrogen (secondary N) is 1. The molecule has 2 rings (SSSR count). The number of hydrogen-bond donors (Lipinski definition) is 1. The molecular formula is C14H16BrN3OS. The third-order valence-corrected chi connectivity index (χ3v) is 4.22. The van der Waals surface area contributed by atoms with E-state index in [0.717, 1.165) is 27.4 Å². The maximum absolute atomic E-state index is 12.3. The van der Waals surface area contributed by atoms with Crippen molar-refractivity contribution in [2.75, 3.05) is 19.4 Å². The van der Waals surface area contributed by atoms with Crippen molar-refractivity contribution in [3.05, 3.63) is 44.3 Å². The zero-order valence-corrected chi connectivity index (χ0v) is 14.0. The van der Waals surface area contributed by atoms with Gasteiger partial charge in [0, 0.05) is 16.7 Å². The second kappa shape index (κ2) is 6.47. The Labute approximate surface area is 131 Å². The molecule has 0 radical (unpaired) electrons. The van der Waals surface area contributed by atoms with E-state index in [9.17, 15) is 4.79 Å². The molecule has 0 spiro atoms. The number of aryl methyl sites for hydroxylation is 1. The van der Waals surface area contributed by atoms with Crippen molar-refractivity contribution in [1.82, 2.24) is 9.88 Å². The summed E-state index contributed by atoms with van der Waals surface area (Å²) in [5.74, 6) is -0.108. The number of benzene rings is 1. The van der Waals surface area contributed by atoms with Gasteiger partial charge in [0.15, 0.2) is 0 Å². The van der Waals surface area contributed by atoms with Crippen LogP contribution in [-0.4, -0.2) is 29.9 Å². The van der Waals surface area contributed by atoms with Crippen molar-refractivity contribution >= 4 is 38.9 Å². The molecule has 0 aliphatic heterocycles. The number of hydrogen-bond acceptors (Lipinski definition) is 4. The molecular weight excluding hydrogens is 338 g/mol. The van der Waals surface area contributed by atoms with Crippen molar-refractivity contribution < 1.29 is 4.79 Å². The Hall–Kier alpha value is -1.24. The molecule has 2 aromatic rings. The van der Waals surface area contributed by atoms with Gasteiger partial charge in [0.2, 0.25) is 0 Å². The largest absolute Gasteiger partial charge is 0.321 e. The molecule has 0 aliphatic carbocycles. The Morgan fingerprint density at radius 3 is 2.85 bits per heavy atom. The lowest BCUT2D eigenvalue weighted by atomic mass is 10.3. The van der Waals surface area contributed by atoms with E-state index in [-0.39, 0.29) is 5.91 Å². The first-order chi connectivity index (χ1) is 9.45. The van der Waals surface area contributed by atoms with E-state index in [1.807, 2.05) is 50.2 Å². The molecule has 20 heavy (non-hydrogen) atoms. The molecule has 0 saturated carbocycles. The molecule has 1 N–H and O–H groups in total. The highest BCUT2D eigenvalue weighted by Crippen LogP contribution is 2.22. The number of anilines is 1. The van der Waals surface area contributed by atoms with Crippen LogP contribution in [0.5, 0.6) is 0 Å². The molecule has 106 valence electrons. The first-order valence-electron chi connectivity index (χ1n) is 6.13. The zero-order valence-electron chi connectivity index (χ0n) is 11.6. The summed E-state index contributed by atoms with van der Waals surface area (Å²) >= 11 is 4.83. The fraction of sp³-hybridized carbons (Fsp3) is 0.286. The van der Waals surface area contributed by atoms with Crippen molar-refractivity contribution in [2.45, 2.75) is 13.5 Å². The van der Waals surface area contributed by atoms with Crippen molar-refractivity contribution in [2.24, 2.45) is 0 Å². The van der Waals surface area contributed by atoms with Crippen LogP contribution in [0.4, 0.5) is 5.69 Å². The van der Waals surface area contributed by atoms with Crippen molar-refractivity contribution in [1.29, 1.82) is 0 Å². The maximum Gasteiger partial charge on any atom is 0.267 e. The van der Waals surface area contributed by atoms with Crippen LogP contribution in [-0.2, 0) is 6.54 Å². The average molecular weight is 354 g/mol. The normalized spacial score (nSPS) is 10.8. The van der Waals surface area contributed by atoms with Gasteiger partial charge in [-0.3, -0.25) is 4.79 Å². The minimum Gasteiger partial charge on any atom is -0.321 e. The zero-order chi connectivity index (χ0) is 14.7. The summed E-state index contributed by atoms with van der Waals surface area (Å²) in [5, 5.41) is 3.85. The fourth-order valence-corrected chi connectivity index (χ4v) is 3.23. The van der Waals surface area contributed by atoms with Gasteiger partial charge in [-0.2, -0.15) is 0 Å². The quantitative estimate of drug-likeness (QED) is 0.914. The second-order valence-electron chi connectivity index (χ2n) is 4.72. The van der Waals surface area contributed by atoms with Gasteiger partial charge < -0.3 is 10.2 Å². The third kappa shape index (κ3) is 3.88. The number of amides is 1. The van der Waals surface area contributed by atoms with Gasteiger partial charge in [-0.1, -0.05) is 22.0 Å². The molecule has 6 heteroatoms. The minimum absolute atomic E-state index is 0.108. The van der Waals surface area contributed by atoms with Crippen LogP contribution in [0.2, 0.25) is 0 Å². The van der Waals surface area contributed by atoms with E-state index < -0.39 is 0 Å². The van der Waals surface area contributed by atoms with E-state index in [0.29, 0.717) is 4.88 Å². The van der Waals surface area contributed by atoms with Gasteiger partial charge in [-0.05, 0) is 39.2 Å². The van der Waals surface area contributed by atoms with Crippen LogP contribution in [0.1, 0.15) is 20.4 Å². The predicted molar refractivity (Wildman–Crippen MR) is 86.3 cm³/mol. The summed E-state index contributed by atoms with van der Waals surface area (Å²) < 4.78 is 0.935. The number of nitrogens with zero attached hydrogens (tertiary/aromatic N) is 2. The summed E-state index contributed by atoms with van der Waals surface area (Å²) in [7, 11) is 3.97. The first-order valence-corrected chi connectivity index (χ1v) is 7.74. The lowest BCUT2D eigenvalue weighted by Crippen LogP contribution is -2.11. The average Bonchev–Trinajstić information content (AvgIpc) is 2.69. The Balaban J connectivity index is 2.15. The van der Waals surface area contributed by atoms with Crippen LogP contribution >= 0.6 is 27.3 Å². The van der Waals surface area contributed by atoms with Gasteiger partial charge >= 0.3 is 0 Å². The predicted octanol–water partition coefficient (Wildman–Crippen LogP) is 3.53. The van der Waals surface area contributed by atoms with Crippen LogP contribution in [0, 0.1) is 6.92 Å². The lowest BCUT2D eigenvalue weighted by molar-refractivity contribution is 0.103. The molecule has 1 aromatic carbocycles. The minimum atomic E-state index is -0.108. The Kier molecular flexibility index (Phi) is 4.91. The number of aromatic nitrogens is 1. The number of thiazole rings is 1. The Morgan fingerprint density at radius 1 is 1.45 bits per heavy atom. The maximum atomic E-state index is 12.3. The molecule has 1 aromatic heterocycles. The summed E-state index contributed by atoms with van der Waals surface area (Å²) in [6, 6.07) is 7.54. The number of carbonyl (C=O) groups excluding carboxylic acids is 1. The number of rotatable bonds is 4. The summed E-state index contributed by atoms with van der Waals surface area (Å²) in [5.41, 5.74) is 1.55. The van der Waals surface area contributed by atoms with Crippen LogP contribution in [0.15, 0.2) is 28.7 Å². The van der Waals surface area contributed by atoms with Crippen molar-refractivity contribution in [3.8, 4) is 0 Å². The van der Waals surface area contributed by atoms with E-state index in [1.165, 1.54) is 11.3 Å². The Morgan fingerprint density at radius 2 is 2.20 bits per heavy atom. The second-order valence-corrected chi connectivity index (χ2v) is 6.72. The topological polar surface area (TPSA) is 45.2 Å². The van der Waals surface area contributed by atoms with Crippen LogP contribution in [0.25, 0.3) is 0 Å². The van der Waals surface area contributed by atoms with Gasteiger partial charge in [-0.15, -0.1) is 11.3 Å². The molecule has 0 aliphatic rings. The van der Waals surface area contributed by atoms with Gasteiger partial charge in [0.1, 0.15) is 9.88 Å². The summed E-state index contributed by atoms with van der Waals surface area (Å²) in [6.45, 7) is 2.61. The molecule has 0 bridgehead atoms. The highest BCUT2D eigenvalue weighted by atomic mass is 79.9. The lowest BCUT2D eigenvalue weighted by Gasteiger charge is -2.05. The standard InChI is InChI=1S/C14H16BrN3OS/c1-9-13(20-12(16-9)8-18(2)3)14(19)17-11-6-4-5-10(15)7-11/h4-7H,8H2,1-3H3,(H,17,19). The monoisotopic (exact) mass is 353 g/mol. The Bertz CT molecular complexity index is 625. The van der Waals surface area contributed by atoms with Gasteiger partial charge in [0.25, 0.3) is 5.91 Å². The van der Waals surface area contributed by atoms with E-state index in [2.05, 4.69) is 26.2 Å². The fourth-order valence-electron chi connectivity index (χ4n) is 1.76.